The largest absolute Gasteiger partial charge is 0.384 e. The zero-order valence-electron chi connectivity index (χ0n) is 9.43. The molecule has 0 radical (unpaired) electrons. The number of aromatic nitrogens is 3. The van der Waals surface area contributed by atoms with Gasteiger partial charge in [-0.25, -0.2) is 9.78 Å². The molecule has 0 bridgehead atoms. The van der Waals surface area contributed by atoms with E-state index in [9.17, 15) is 4.79 Å². The van der Waals surface area contributed by atoms with Crippen molar-refractivity contribution in [3.8, 4) is 0 Å². The summed E-state index contributed by atoms with van der Waals surface area (Å²) < 4.78 is 3.16. The quantitative estimate of drug-likeness (QED) is 0.897. The number of aryl methyl sites for hydroxylation is 1. The molecule has 2 aromatic rings. The van der Waals surface area contributed by atoms with Gasteiger partial charge in [-0.15, -0.1) is 0 Å². The van der Waals surface area contributed by atoms with Gasteiger partial charge in [0.2, 0.25) is 0 Å². The van der Waals surface area contributed by atoms with Crippen molar-refractivity contribution in [1.29, 1.82) is 0 Å². The maximum Gasteiger partial charge on any atom is 0.328 e. The number of nitrogen functional groups attached to an aromatic ring is 1. The van der Waals surface area contributed by atoms with Crippen molar-refractivity contribution in [2.75, 3.05) is 5.73 Å². The lowest BCUT2D eigenvalue weighted by Gasteiger charge is -2.04. The first-order valence-corrected chi connectivity index (χ1v) is 5.66. The maximum atomic E-state index is 11.8. The lowest BCUT2D eigenvalue weighted by molar-refractivity contribution is 0.662. The van der Waals surface area contributed by atoms with Crippen LogP contribution in [-0.4, -0.2) is 14.1 Å². The first-order valence-electron chi connectivity index (χ1n) is 5.28. The Balaban J connectivity index is 2.34. The van der Waals surface area contributed by atoms with E-state index in [0.717, 1.165) is 0 Å². The predicted octanol–water partition coefficient (Wildman–Crippen LogP) is 1.35. The predicted molar refractivity (Wildman–Crippen MR) is 67.1 cm³/mol. The summed E-state index contributed by atoms with van der Waals surface area (Å²) >= 11 is 6.00. The van der Waals surface area contributed by atoms with Gasteiger partial charge in [0.05, 0.1) is 17.3 Å². The highest BCUT2D eigenvalue weighted by Crippen LogP contribution is 2.15. The Morgan fingerprint density at radius 2 is 2.06 bits per heavy atom. The summed E-state index contributed by atoms with van der Waals surface area (Å²) in [5.74, 6) is 0.396. The molecule has 90 valence electrons. The molecule has 0 fully saturated rings. The number of rotatable bonds is 3. The number of imidazole rings is 1. The molecular formula is C11H13ClN4O. The van der Waals surface area contributed by atoms with E-state index in [4.69, 9.17) is 17.3 Å². The Bertz CT molecular complexity index is 587. The average Bonchev–Trinajstić information content (AvgIpc) is 2.65. The molecule has 2 heterocycles. The van der Waals surface area contributed by atoms with E-state index < -0.39 is 0 Å². The molecule has 2 rings (SSSR count). The van der Waals surface area contributed by atoms with E-state index in [1.54, 1.807) is 33.7 Å². The molecular weight excluding hydrogens is 240 g/mol. The van der Waals surface area contributed by atoms with Crippen LogP contribution in [0.3, 0.4) is 0 Å². The molecule has 17 heavy (non-hydrogen) atoms. The van der Waals surface area contributed by atoms with Crippen molar-refractivity contribution < 1.29 is 0 Å². The Hall–Kier alpha value is -1.75. The highest BCUT2D eigenvalue weighted by molar-refractivity contribution is 6.31. The second-order valence-electron chi connectivity index (χ2n) is 3.66. The lowest BCUT2D eigenvalue weighted by atomic mass is 10.3. The van der Waals surface area contributed by atoms with Crippen LogP contribution in [0.25, 0.3) is 0 Å². The molecule has 0 aromatic carbocycles. The minimum atomic E-state index is -0.0761. The van der Waals surface area contributed by atoms with E-state index in [2.05, 4.69) is 4.98 Å². The number of pyridine rings is 1. The SMILES string of the molecule is CCn1ccn(Cc2nc(N)ccc2Cl)c1=O. The molecule has 0 unspecified atom stereocenters. The highest BCUT2D eigenvalue weighted by atomic mass is 35.5. The van der Waals surface area contributed by atoms with Gasteiger partial charge in [0.1, 0.15) is 5.82 Å². The third-order valence-corrected chi connectivity index (χ3v) is 2.86. The molecule has 0 aliphatic heterocycles. The van der Waals surface area contributed by atoms with Gasteiger partial charge in [0, 0.05) is 18.9 Å². The number of nitrogens with zero attached hydrogens (tertiary/aromatic N) is 3. The average molecular weight is 253 g/mol. The van der Waals surface area contributed by atoms with Crippen molar-refractivity contribution in [1.82, 2.24) is 14.1 Å². The van der Waals surface area contributed by atoms with Gasteiger partial charge < -0.3 is 5.73 Å². The number of halogens is 1. The molecule has 2 N–H and O–H groups in total. The third-order valence-electron chi connectivity index (χ3n) is 2.52. The highest BCUT2D eigenvalue weighted by Gasteiger charge is 2.07. The van der Waals surface area contributed by atoms with Gasteiger partial charge >= 0.3 is 5.69 Å². The molecule has 0 aliphatic carbocycles. The minimum Gasteiger partial charge on any atom is -0.384 e. The van der Waals surface area contributed by atoms with Crippen molar-refractivity contribution in [3.63, 3.8) is 0 Å². The Morgan fingerprint density at radius 3 is 2.71 bits per heavy atom. The van der Waals surface area contributed by atoms with Gasteiger partial charge in [0.15, 0.2) is 0 Å². The fourth-order valence-corrected chi connectivity index (χ4v) is 1.75. The molecule has 0 saturated carbocycles. The van der Waals surface area contributed by atoms with E-state index in [1.807, 2.05) is 6.92 Å². The summed E-state index contributed by atoms with van der Waals surface area (Å²) in [7, 11) is 0. The number of anilines is 1. The van der Waals surface area contributed by atoms with Crippen LogP contribution >= 0.6 is 11.6 Å². The Morgan fingerprint density at radius 1 is 1.35 bits per heavy atom. The first kappa shape index (κ1) is 11.7. The standard InChI is InChI=1S/C11H13ClN4O/c1-2-15-5-6-16(11(15)17)7-9-8(12)3-4-10(13)14-9/h3-6H,2,7H2,1H3,(H2,13,14). The molecule has 0 atom stereocenters. The van der Waals surface area contributed by atoms with Crippen molar-refractivity contribution in [2.45, 2.75) is 20.0 Å². The Labute approximate surface area is 103 Å². The van der Waals surface area contributed by atoms with Gasteiger partial charge in [-0.3, -0.25) is 9.13 Å². The molecule has 0 spiro atoms. The fraction of sp³-hybridized carbons (Fsp3) is 0.273. The molecule has 2 aromatic heterocycles. The van der Waals surface area contributed by atoms with E-state index in [1.165, 1.54) is 0 Å². The lowest BCUT2D eigenvalue weighted by Crippen LogP contribution is -2.24. The summed E-state index contributed by atoms with van der Waals surface area (Å²) in [6, 6.07) is 3.31. The smallest absolute Gasteiger partial charge is 0.328 e. The summed E-state index contributed by atoms with van der Waals surface area (Å²) in [5.41, 5.74) is 6.11. The molecule has 0 saturated heterocycles. The number of hydrogen-bond donors (Lipinski definition) is 1. The third kappa shape index (κ3) is 2.34. The van der Waals surface area contributed by atoms with Crippen LogP contribution < -0.4 is 11.4 Å². The van der Waals surface area contributed by atoms with Gasteiger partial charge in [0.25, 0.3) is 0 Å². The second kappa shape index (κ2) is 4.63. The second-order valence-corrected chi connectivity index (χ2v) is 4.07. The summed E-state index contributed by atoms with van der Waals surface area (Å²) in [6.07, 6.45) is 3.45. The van der Waals surface area contributed by atoms with Gasteiger partial charge in [-0.2, -0.15) is 0 Å². The zero-order chi connectivity index (χ0) is 12.4. The van der Waals surface area contributed by atoms with Crippen LogP contribution in [0.1, 0.15) is 12.6 Å². The summed E-state index contributed by atoms with van der Waals surface area (Å²) in [4.78, 5) is 15.9. The van der Waals surface area contributed by atoms with Crippen molar-refractivity contribution in [2.24, 2.45) is 0 Å². The van der Waals surface area contributed by atoms with Crippen molar-refractivity contribution >= 4 is 17.4 Å². The Kier molecular flexibility index (Phi) is 3.19. The van der Waals surface area contributed by atoms with E-state index in [-0.39, 0.29) is 5.69 Å². The van der Waals surface area contributed by atoms with Crippen LogP contribution in [0.2, 0.25) is 5.02 Å². The van der Waals surface area contributed by atoms with Crippen LogP contribution in [0, 0.1) is 0 Å². The zero-order valence-corrected chi connectivity index (χ0v) is 10.2. The van der Waals surface area contributed by atoms with Gasteiger partial charge in [-0.05, 0) is 19.1 Å². The topological polar surface area (TPSA) is 65.8 Å². The fourth-order valence-electron chi connectivity index (χ4n) is 1.59. The summed E-state index contributed by atoms with van der Waals surface area (Å²) in [5, 5.41) is 0.510. The number of hydrogen-bond acceptors (Lipinski definition) is 3. The summed E-state index contributed by atoms with van der Waals surface area (Å²) in [6.45, 7) is 2.89. The van der Waals surface area contributed by atoms with E-state index in [0.29, 0.717) is 29.6 Å². The first-order chi connectivity index (χ1) is 8.11. The van der Waals surface area contributed by atoms with Crippen molar-refractivity contribution in [3.05, 3.63) is 45.7 Å². The molecule has 5 nitrogen and oxygen atoms in total. The number of nitrogens with two attached hydrogens (primary N) is 1. The maximum absolute atomic E-state index is 11.8. The monoisotopic (exact) mass is 252 g/mol. The molecule has 0 amide bonds. The van der Waals surface area contributed by atoms with Crippen LogP contribution in [0.5, 0.6) is 0 Å². The van der Waals surface area contributed by atoms with Crippen LogP contribution in [0.15, 0.2) is 29.3 Å². The normalized spacial score (nSPS) is 10.7. The van der Waals surface area contributed by atoms with Crippen LogP contribution in [-0.2, 0) is 13.1 Å². The minimum absolute atomic E-state index is 0.0761. The molecule has 0 aliphatic rings. The van der Waals surface area contributed by atoms with Gasteiger partial charge in [-0.1, -0.05) is 11.6 Å². The van der Waals surface area contributed by atoms with E-state index >= 15 is 0 Å². The molecule has 6 heteroatoms. The van der Waals surface area contributed by atoms with Crippen LogP contribution in [0.4, 0.5) is 5.82 Å².